The highest BCUT2D eigenvalue weighted by atomic mass is 79.9. The van der Waals surface area contributed by atoms with Crippen molar-refractivity contribution in [3.8, 4) is 0 Å². The summed E-state index contributed by atoms with van der Waals surface area (Å²) in [6.07, 6.45) is 12.8. The number of hydrogen-bond acceptors (Lipinski definition) is 0. The molecule has 0 amide bonds. The molecule has 0 nitrogen and oxygen atoms in total. The quantitative estimate of drug-likeness (QED) is 0.0845. The summed E-state index contributed by atoms with van der Waals surface area (Å²) in [6, 6.07) is 23.5. The molecule has 186 valence electrons. The Balaban J connectivity index is 1.57. The Hall–Kier alpha value is -1.90. The molecule has 0 unspecified atom stereocenters. The van der Waals surface area contributed by atoms with Crippen LogP contribution in [-0.2, 0) is 12.8 Å². The summed E-state index contributed by atoms with van der Waals surface area (Å²) in [5.74, 6) is 0. The van der Waals surface area contributed by atoms with E-state index in [1.807, 2.05) is 0 Å². The number of unbranched alkanes of at least 4 members (excludes halogenated alkanes) is 6. The van der Waals surface area contributed by atoms with Gasteiger partial charge in [0.1, 0.15) is 0 Å². The summed E-state index contributed by atoms with van der Waals surface area (Å²) >= 11 is 7.85. The van der Waals surface area contributed by atoms with E-state index in [1.54, 1.807) is 0 Å². The zero-order valence-corrected chi connectivity index (χ0v) is 24.8. The molecule has 5 aromatic rings. The molecule has 0 bridgehead atoms. The zero-order chi connectivity index (χ0) is 25.1. The van der Waals surface area contributed by atoms with Crippen molar-refractivity contribution in [2.24, 2.45) is 0 Å². The van der Waals surface area contributed by atoms with Gasteiger partial charge < -0.3 is 0 Å². The maximum absolute atomic E-state index is 3.93. The Labute approximate surface area is 232 Å². The molecular weight excluding hydrogens is 568 g/mol. The van der Waals surface area contributed by atoms with Crippen LogP contribution in [0.15, 0.2) is 69.6 Å². The van der Waals surface area contributed by atoms with Crippen molar-refractivity contribution in [3.05, 3.63) is 80.7 Å². The van der Waals surface area contributed by atoms with Crippen LogP contribution in [0.5, 0.6) is 0 Å². The molecule has 0 N–H and O–H groups in total. The second-order valence-electron chi connectivity index (χ2n) is 10.4. The van der Waals surface area contributed by atoms with Crippen LogP contribution in [0.2, 0.25) is 0 Å². The smallest absolute Gasteiger partial charge is 0.0260 e. The molecule has 0 atom stereocenters. The number of halogens is 2. The van der Waals surface area contributed by atoms with Gasteiger partial charge in [0.25, 0.3) is 0 Å². The van der Waals surface area contributed by atoms with E-state index >= 15 is 0 Å². The van der Waals surface area contributed by atoms with Crippen LogP contribution in [-0.4, -0.2) is 0 Å². The molecule has 0 aromatic heterocycles. The van der Waals surface area contributed by atoms with Gasteiger partial charge in [-0.3, -0.25) is 0 Å². The van der Waals surface area contributed by atoms with E-state index in [0.717, 1.165) is 0 Å². The molecule has 0 saturated carbocycles. The lowest BCUT2D eigenvalue weighted by Crippen LogP contribution is -1.89. The molecular formula is C34H36Br2. The molecule has 0 aliphatic carbocycles. The second kappa shape index (κ2) is 11.7. The molecule has 0 aliphatic rings. The van der Waals surface area contributed by atoms with Crippen molar-refractivity contribution in [3.63, 3.8) is 0 Å². The number of benzene rings is 5. The fraction of sp³-hybridized carbons (Fsp3) is 0.353. The number of hydrogen-bond donors (Lipinski definition) is 0. The molecule has 5 rings (SSSR count). The zero-order valence-electron chi connectivity index (χ0n) is 21.6. The second-order valence-corrected chi connectivity index (χ2v) is 12.1. The molecule has 5 aromatic carbocycles. The normalized spacial score (nSPS) is 11.9. The average Bonchev–Trinajstić information content (AvgIpc) is 2.88. The fourth-order valence-electron chi connectivity index (χ4n) is 5.65. The maximum atomic E-state index is 3.93. The van der Waals surface area contributed by atoms with Gasteiger partial charge in [-0.2, -0.15) is 0 Å². The highest BCUT2D eigenvalue weighted by Gasteiger charge is 2.12. The lowest BCUT2D eigenvalue weighted by Gasteiger charge is -2.13. The Morgan fingerprint density at radius 2 is 0.889 bits per heavy atom. The topological polar surface area (TPSA) is 0 Å². The Morgan fingerprint density at radius 3 is 1.31 bits per heavy atom. The highest BCUT2D eigenvalue weighted by Crippen LogP contribution is 2.40. The lowest BCUT2D eigenvalue weighted by atomic mass is 9.93. The summed E-state index contributed by atoms with van der Waals surface area (Å²) in [6.45, 7) is 4.55. The summed E-state index contributed by atoms with van der Waals surface area (Å²) in [5.41, 5.74) is 2.90. The van der Waals surface area contributed by atoms with Gasteiger partial charge >= 0.3 is 0 Å². The van der Waals surface area contributed by atoms with Gasteiger partial charge in [0.2, 0.25) is 0 Å². The lowest BCUT2D eigenvalue weighted by molar-refractivity contribution is 0.667. The van der Waals surface area contributed by atoms with Crippen molar-refractivity contribution < 1.29 is 0 Å². The minimum Gasteiger partial charge on any atom is -0.0654 e. The number of aryl methyl sites for hydroxylation is 2. The van der Waals surface area contributed by atoms with Gasteiger partial charge in [0.05, 0.1) is 0 Å². The van der Waals surface area contributed by atoms with Gasteiger partial charge in [-0.1, -0.05) is 121 Å². The molecule has 0 saturated heterocycles. The predicted octanol–water partition coefficient (Wildman–Crippen LogP) is 12.1. The predicted molar refractivity (Wildman–Crippen MR) is 168 cm³/mol. The van der Waals surface area contributed by atoms with Crippen molar-refractivity contribution in [1.29, 1.82) is 0 Å². The van der Waals surface area contributed by atoms with Crippen molar-refractivity contribution in [2.75, 3.05) is 0 Å². The van der Waals surface area contributed by atoms with E-state index in [4.69, 9.17) is 0 Å². The van der Waals surface area contributed by atoms with Crippen LogP contribution in [0.3, 0.4) is 0 Å². The van der Waals surface area contributed by atoms with Crippen molar-refractivity contribution in [1.82, 2.24) is 0 Å². The monoisotopic (exact) mass is 602 g/mol. The van der Waals surface area contributed by atoms with Crippen LogP contribution in [0.25, 0.3) is 43.1 Å². The third kappa shape index (κ3) is 5.36. The molecule has 2 heteroatoms. The van der Waals surface area contributed by atoms with Crippen molar-refractivity contribution >= 4 is 74.9 Å². The first-order valence-electron chi connectivity index (χ1n) is 13.8. The Morgan fingerprint density at radius 1 is 0.444 bits per heavy atom. The summed E-state index contributed by atoms with van der Waals surface area (Å²) in [5, 5.41) is 10.5. The third-order valence-electron chi connectivity index (χ3n) is 7.69. The van der Waals surface area contributed by atoms with Gasteiger partial charge in [-0.25, -0.2) is 0 Å². The molecule has 0 spiro atoms. The fourth-order valence-corrected chi connectivity index (χ4v) is 6.80. The average molecular weight is 604 g/mol. The molecule has 0 radical (unpaired) electrons. The Bertz CT molecular complexity index is 1410. The summed E-state index contributed by atoms with van der Waals surface area (Å²) < 4.78 is 2.35. The van der Waals surface area contributed by atoms with Crippen LogP contribution in [0, 0.1) is 0 Å². The standard InChI is InChI=1S/C34H36Br2/c1-3-5-7-9-11-23-13-15-27-25(17-23)19-33(35)31-22-30-28-16-14-24(12-10-8-6-4-2)18-26(28)20-34(36)32(30)21-29(27)31/h13-22H,3-12H2,1-2H3. The summed E-state index contributed by atoms with van der Waals surface area (Å²) in [7, 11) is 0. The largest absolute Gasteiger partial charge is 0.0654 e. The van der Waals surface area contributed by atoms with Crippen molar-refractivity contribution in [2.45, 2.75) is 78.1 Å². The Kier molecular flexibility index (Phi) is 8.33. The van der Waals surface area contributed by atoms with E-state index in [9.17, 15) is 0 Å². The number of fused-ring (bicyclic) bond motifs is 6. The van der Waals surface area contributed by atoms with Crippen LogP contribution in [0.1, 0.15) is 76.3 Å². The van der Waals surface area contributed by atoms with E-state index in [1.165, 1.54) is 127 Å². The first-order chi connectivity index (χ1) is 17.6. The molecule has 0 aliphatic heterocycles. The van der Waals surface area contributed by atoms with Crippen LogP contribution in [0.4, 0.5) is 0 Å². The molecule has 36 heavy (non-hydrogen) atoms. The van der Waals surface area contributed by atoms with E-state index in [0.29, 0.717) is 0 Å². The first-order valence-corrected chi connectivity index (χ1v) is 15.4. The van der Waals surface area contributed by atoms with E-state index in [2.05, 4.69) is 106 Å². The first kappa shape index (κ1) is 25.7. The maximum Gasteiger partial charge on any atom is 0.0260 e. The van der Waals surface area contributed by atoms with Gasteiger partial charge in [0, 0.05) is 8.95 Å². The minimum absolute atomic E-state index is 1.17. The number of rotatable bonds is 10. The van der Waals surface area contributed by atoms with Crippen LogP contribution >= 0.6 is 31.9 Å². The summed E-state index contributed by atoms with van der Waals surface area (Å²) in [4.78, 5) is 0. The van der Waals surface area contributed by atoms with Crippen LogP contribution < -0.4 is 0 Å². The molecule has 0 fully saturated rings. The molecule has 0 heterocycles. The van der Waals surface area contributed by atoms with Gasteiger partial charge in [-0.15, -0.1) is 0 Å². The van der Waals surface area contributed by atoms with Gasteiger partial charge in [-0.05, 0) is 104 Å². The third-order valence-corrected chi connectivity index (χ3v) is 9.00. The minimum atomic E-state index is 1.17. The van der Waals surface area contributed by atoms with E-state index < -0.39 is 0 Å². The van der Waals surface area contributed by atoms with E-state index in [-0.39, 0.29) is 0 Å². The SMILES string of the molecule is CCCCCCc1ccc2c(c1)cc(Br)c1cc3c(cc12)c(Br)cc1cc(CCCCCC)ccc13. The highest BCUT2D eigenvalue weighted by molar-refractivity contribution is 9.11. The van der Waals surface area contributed by atoms with Gasteiger partial charge in [0.15, 0.2) is 0 Å².